The van der Waals surface area contributed by atoms with Crippen molar-refractivity contribution in [1.29, 1.82) is 0 Å². The Morgan fingerprint density at radius 2 is 2.32 bits per heavy atom. The monoisotopic (exact) mass is 260 g/mol. The smallest absolute Gasteiger partial charge is 0.221 e. The first kappa shape index (κ1) is 12.6. The Morgan fingerprint density at radius 1 is 1.42 bits per heavy atom. The standard InChI is InChI=1S/C15H20N2O2/c18-15(8-13-10-19-6-5-16-13)17-9-12-7-11-3-1-2-4-14(11)12/h1-4,12-13,16H,5-10H2,(H,17,18). The Morgan fingerprint density at radius 3 is 3.11 bits per heavy atom. The number of benzene rings is 1. The molecular weight excluding hydrogens is 240 g/mol. The summed E-state index contributed by atoms with van der Waals surface area (Å²) < 4.78 is 5.34. The summed E-state index contributed by atoms with van der Waals surface area (Å²) in [5.74, 6) is 0.614. The lowest BCUT2D eigenvalue weighted by Crippen LogP contribution is -2.45. The fourth-order valence-corrected chi connectivity index (χ4v) is 2.83. The largest absolute Gasteiger partial charge is 0.378 e. The Balaban J connectivity index is 1.42. The second-order valence-electron chi connectivity index (χ2n) is 5.33. The van der Waals surface area contributed by atoms with Crippen molar-refractivity contribution in [1.82, 2.24) is 10.6 Å². The van der Waals surface area contributed by atoms with Gasteiger partial charge in [-0.2, -0.15) is 0 Å². The van der Waals surface area contributed by atoms with Crippen LogP contribution < -0.4 is 10.6 Å². The van der Waals surface area contributed by atoms with Crippen molar-refractivity contribution >= 4 is 5.91 Å². The van der Waals surface area contributed by atoms with Gasteiger partial charge in [-0.3, -0.25) is 4.79 Å². The number of hydrogen-bond donors (Lipinski definition) is 2. The molecule has 1 aliphatic carbocycles. The molecule has 102 valence electrons. The van der Waals surface area contributed by atoms with Crippen LogP contribution >= 0.6 is 0 Å². The molecule has 0 bridgehead atoms. The van der Waals surface area contributed by atoms with Crippen molar-refractivity contribution in [3.05, 3.63) is 35.4 Å². The van der Waals surface area contributed by atoms with E-state index in [0.29, 0.717) is 18.9 Å². The number of rotatable bonds is 4. The number of morpholine rings is 1. The molecule has 1 fully saturated rings. The summed E-state index contributed by atoms with van der Waals surface area (Å²) in [7, 11) is 0. The Hall–Kier alpha value is -1.39. The molecule has 3 rings (SSSR count). The molecule has 1 aromatic carbocycles. The van der Waals surface area contributed by atoms with E-state index in [9.17, 15) is 4.79 Å². The fraction of sp³-hybridized carbons (Fsp3) is 0.533. The van der Waals surface area contributed by atoms with Crippen molar-refractivity contribution in [3.8, 4) is 0 Å². The van der Waals surface area contributed by atoms with E-state index in [1.807, 2.05) is 0 Å². The highest BCUT2D eigenvalue weighted by Crippen LogP contribution is 2.33. The van der Waals surface area contributed by atoms with Crippen LogP contribution in [0.25, 0.3) is 0 Å². The summed E-state index contributed by atoms with van der Waals surface area (Å²) in [5, 5.41) is 6.33. The third kappa shape index (κ3) is 2.96. The van der Waals surface area contributed by atoms with Gasteiger partial charge in [0.1, 0.15) is 0 Å². The SMILES string of the molecule is O=C(CC1COCCN1)NCC1Cc2ccccc21. The summed E-state index contributed by atoms with van der Waals surface area (Å²) in [5.41, 5.74) is 2.81. The zero-order valence-corrected chi connectivity index (χ0v) is 11.0. The highest BCUT2D eigenvalue weighted by Gasteiger charge is 2.26. The maximum atomic E-state index is 11.9. The van der Waals surface area contributed by atoms with Gasteiger partial charge < -0.3 is 15.4 Å². The molecule has 0 saturated carbocycles. The van der Waals surface area contributed by atoms with Gasteiger partial charge in [-0.05, 0) is 17.5 Å². The van der Waals surface area contributed by atoms with Crippen LogP contribution in [0.2, 0.25) is 0 Å². The summed E-state index contributed by atoms with van der Waals surface area (Å²) >= 11 is 0. The van der Waals surface area contributed by atoms with E-state index in [0.717, 1.165) is 26.1 Å². The Labute approximate surface area is 113 Å². The lowest BCUT2D eigenvalue weighted by molar-refractivity contribution is -0.122. The number of hydrogen-bond acceptors (Lipinski definition) is 3. The first-order valence-electron chi connectivity index (χ1n) is 6.98. The quantitative estimate of drug-likeness (QED) is 0.843. The average molecular weight is 260 g/mol. The zero-order valence-electron chi connectivity index (χ0n) is 11.0. The molecule has 2 unspecified atom stereocenters. The van der Waals surface area contributed by atoms with Crippen LogP contribution in [0.3, 0.4) is 0 Å². The summed E-state index contributed by atoms with van der Waals surface area (Å²) in [6, 6.07) is 8.63. The number of fused-ring (bicyclic) bond motifs is 1. The second kappa shape index (κ2) is 5.72. The van der Waals surface area contributed by atoms with Crippen molar-refractivity contribution in [2.24, 2.45) is 0 Å². The predicted molar refractivity (Wildman–Crippen MR) is 73.1 cm³/mol. The van der Waals surface area contributed by atoms with Gasteiger partial charge in [-0.15, -0.1) is 0 Å². The average Bonchev–Trinajstić information content (AvgIpc) is 2.41. The van der Waals surface area contributed by atoms with Crippen LogP contribution in [0.5, 0.6) is 0 Å². The third-order valence-corrected chi connectivity index (χ3v) is 3.94. The van der Waals surface area contributed by atoms with Crippen LogP contribution in [0.4, 0.5) is 0 Å². The molecule has 1 amide bonds. The molecule has 1 aromatic rings. The van der Waals surface area contributed by atoms with E-state index in [-0.39, 0.29) is 11.9 Å². The molecule has 2 aliphatic rings. The van der Waals surface area contributed by atoms with Gasteiger partial charge in [0.2, 0.25) is 5.91 Å². The Bertz CT molecular complexity index is 455. The maximum Gasteiger partial charge on any atom is 0.221 e. The highest BCUT2D eigenvalue weighted by molar-refractivity contribution is 5.76. The molecular formula is C15H20N2O2. The molecule has 4 heteroatoms. The molecule has 19 heavy (non-hydrogen) atoms. The fourth-order valence-electron chi connectivity index (χ4n) is 2.83. The van der Waals surface area contributed by atoms with E-state index in [2.05, 4.69) is 34.9 Å². The van der Waals surface area contributed by atoms with Gasteiger partial charge in [-0.1, -0.05) is 24.3 Å². The predicted octanol–water partition coefficient (Wildman–Crippen LogP) is 0.821. The normalized spacial score (nSPS) is 25.3. The molecule has 1 heterocycles. The molecule has 1 saturated heterocycles. The minimum atomic E-state index is 0.118. The van der Waals surface area contributed by atoms with Gasteiger partial charge in [0.05, 0.1) is 13.2 Å². The van der Waals surface area contributed by atoms with Gasteiger partial charge in [0.25, 0.3) is 0 Å². The van der Waals surface area contributed by atoms with Crippen molar-refractivity contribution in [3.63, 3.8) is 0 Å². The van der Waals surface area contributed by atoms with Gasteiger partial charge in [-0.25, -0.2) is 0 Å². The lowest BCUT2D eigenvalue weighted by Gasteiger charge is -2.30. The first-order valence-corrected chi connectivity index (χ1v) is 6.98. The van der Waals surface area contributed by atoms with E-state index in [1.54, 1.807) is 0 Å². The summed E-state index contributed by atoms with van der Waals surface area (Å²) in [6.07, 6.45) is 1.59. The minimum absolute atomic E-state index is 0.118. The molecule has 0 aromatic heterocycles. The lowest BCUT2D eigenvalue weighted by atomic mass is 9.77. The Kier molecular flexibility index (Phi) is 3.80. The third-order valence-electron chi connectivity index (χ3n) is 3.94. The van der Waals surface area contributed by atoms with E-state index in [1.165, 1.54) is 11.1 Å². The molecule has 0 spiro atoms. The first-order chi connectivity index (χ1) is 9.33. The topological polar surface area (TPSA) is 50.4 Å². The van der Waals surface area contributed by atoms with Crippen LogP contribution in [-0.2, 0) is 16.0 Å². The molecule has 0 radical (unpaired) electrons. The molecule has 2 N–H and O–H groups in total. The molecule has 4 nitrogen and oxygen atoms in total. The number of ether oxygens (including phenoxy) is 1. The maximum absolute atomic E-state index is 11.9. The van der Waals surface area contributed by atoms with Crippen LogP contribution in [0.1, 0.15) is 23.5 Å². The van der Waals surface area contributed by atoms with E-state index in [4.69, 9.17) is 4.74 Å². The number of carbonyl (C=O) groups is 1. The van der Waals surface area contributed by atoms with Gasteiger partial charge in [0, 0.05) is 31.5 Å². The van der Waals surface area contributed by atoms with Crippen LogP contribution in [0, 0.1) is 0 Å². The van der Waals surface area contributed by atoms with Crippen LogP contribution in [-0.4, -0.2) is 38.3 Å². The summed E-state index contributed by atoms with van der Waals surface area (Å²) in [6.45, 7) is 2.98. The van der Waals surface area contributed by atoms with E-state index < -0.39 is 0 Å². The number of amides is 1. The second-order valence-corrected chi connectivity index (χ2v) is 5.33. The summed E-state index contributed by atoms with van der Waals surface area (Å²) in [4.78, 5) is 11.9. The highest BCUT2D eigenvalue weighted by atomic mass is 16.5. The molecule has 1 aliphatic heterocycles. The minimum Gasteiger partial charge on any atom is -0.378 e. The van der Waals surface area contributed by atoms with Gasteiger partial charge in [0.15, 0.2) is 0 Å². The molecule has 2 atom stereocenters. The van der Waals surface area contributed by atoms with Crippen molar-refractivity contribution in [2.45, 2.75) is 24.8 Å². The zero-order chi connectivity index (χ0) is 13.1. The number of carbonyl (C=O) groups excluding carboxylic acids is 1. The van der Waals surface area contributed by atoms with Crippen LogP contribution in [0.15, 0.2) is 24.3 Å². The van der Waals surface area contributed by atoms with Crippen molar-refractivity contribution in [2.75, 3.05) is 26.3 Å². The van der Waals surface area contributed by atoms with Crippen molar-refractivity contribution < 1.29 is 9.53 Å². The van der Waals surface area contributed by atoms with E-state index >= 15 is 0 Å². The van der Waals surface area contributed by atoms with Gasteiger partial charge >= 0.3 is 0 Å². The number of nitrogens with one attached hydrogen (secondary N) is 2.